The van der Waals surface area contributed by atoms with Gasteiger partial charge in [0.05, 0.1) is 39.9 Å². The maximum atomic E-state index is 13.0. The number of carbonyl (C=O) groups is 1. The summed E-state index contributed by atoms with van der Waals surface area (Å²) in [5, 5.41) is 13.9. The second-order valence-electron chi connectivity index (χ2n) is 23.4. The van der Waals surface area contributed by atoms with Gasteiger partial charge >= 0.3 is 0 Å². The average Bonchev–Trinajstić information content (AvgIpc) is 3.42. The van der Waals surface area contributed by atoms with Crippen molar-refractivity contribution in [3.63, 3.8) is 0 Å². The van der Waals surface area contributed by atoms with Gasteiger partial charge in [-0.1, -0.05) is 291 Å². The lowest BCUT2D eigenvalue weighted by Gasteiger charge is -2.29. The van der Waals surface area contributed by atoms with Gasteiger partial charge in [-0.05, 0) is 89.9 Å². The molecule has 0 saturated heterocycles. The van der Waals surface area contributed by atoms with Crippen molar-refractivity contribution in [2.45, 2.75) is 302 Å². The molecule has 0 rings (SSSR count). The van der Waals surface area contributed by atoms with E-state index in [9.17, 15) is 19.4 Å². The Labute approximate surface area is 489 Å². The van der Waals surface area contributed by atoms with Gasteiger partial charge < -0.3 is 28.8 Å². The Morgan fingerprint density at radius 3 is 1.18 bits per heavy atom. The van der Waals surface area contributed by atoms with E-state index < -0.39 is 26.6 Å². The van der Waals surface area contributed by atoms with Crippen molar-refractivity contribution in [1.82, 2.24) is 5.32 Å². The standard InChI is InChI=1S/C70H127N2O6P/c1-6-8-10-12-14-16-18-20-22-24-26-28-30-32-34-35-36-37-38-40-42-44-46-48-50-52-54-56-58-60-62-64-70(74)71-68(67-78-79(75,76)77-66-65-72(3,4)5)69(73)63-61-59-57-55-53-51-49-47-45-43-41-39-33-31-29-27-25-23-21-19-17-15-13-11-9-7-2/h8,10,14,16,20,22,26,28,32,34,45,47,53,55,61,63,68-69,73H,6-7,9,11-13,15,17-19,21,23-25,27,29-31,33,35-44,46,48-52,54,56-60,62,64-67H2,1-5H3,(H-,71,74,75,76)/b10-8-,16-14-,22-20-,28-26-,34-32-,47-45+,55-53+,63-61+. The van der Waals surface area contributed by atoms with E-state index in [0.717, 1.165) is 77.0 Å². The summed E-state index contributed by atoms with van der Waals surface area (Å²) in [6, 6.07) is -0.916. The Morgan fingerprint density at radius 1 is 0.456 bits per heavy atom. The Balaban J connectivity index is 4.18. The van der Waals surface area contributed by atoms with Gasteiger partial charge in [-0.2, -0.15) is 0 Å². The van der Waals surface area contributed by atoms with E-state index in [1.807, 2.05) is 27.2 Å². The van der Waals surface area contributed by atoms with E-state index in [0.29, 0.717) is 17.4 Å². The molecule has 0 aromatic carbocycles. The molecule has 0 aliphatic heterocycles. The molecule has 1 amide bonds. The zero-order chi connectivity index (χ0) is 57.7. The van der Waals surface area contributed by atoms with Crippen LogP contribution in [0.1, 0.15) is 290 Å². The molecule has 0 heterocycles. The van der Waals surface area contributed by atoms with Gasteiger partial charge in [0.25, 0.3) is 7.82 Å². The van der Waals surface area contributed by atoms with Crippen LogP contribution in [0.4, 0.5) is 0 Å². The molecule has 0 aromatic heterocycles. The largest absolute Gasteiger partial charge is 0.756 e. The van der Waals surface area contributed by atoms with E-state index in [1.165, 1.54) is 193 Å². The molecule has 8 nitrogen and oxygen atoms in total. The Hall–Kier alpha value is -2.58. The van der Waals surface area contributed by atoms with Crippen molar-refractivity contribution < 1.29 is 32.9 Å². The molecule has 0 radical (unpaired) electrons. The highest BCUT2D eigenvalue weighted by molar-refractivity contribution is 7.45. The van der Waals surface area contributed by atoms with E-state index in [-0.39, 0.29) is 12.5 Å². The summed E-state index contributed by atoms with van der Waals surface area (Å²) < 4.78 is 23.4. The van der Waals surface area contributed by atoms with Gasteiger partial charge in [0.15, 0.2) is 0 Å². The summed E-state index contributed by atoms with van der Waals surface area (Å²) in [5.41, 5.74) is 0. The number of amides is 1. The van der Waals surface area contributed by atoms with Crippen LogP contribution in [0, 0.1) is 0 Å². The number of phosphoric ester groups is 1. The number of quaternary nitrogens is 1. The number of nitrogens with one attached hydrogen (secondary N) is 1. The monoisotopic (exact) mass is 1120 g/mol. The van der Waals surface area contributed by atoms with Gasteiger partial charge in [0.2, 0.25) is 5.91 Å². The van der Waals surface area contributed by atoms with Crippen molar-refractivity contribution in [3.8, 4) is 0 Å². The van der Waals surface area contributed by atoms with Gasteiger partial charge in [0, 0.05) is 6.42 Å². The van der Waals surface area contributed by atoms with Crippen LogP contribution in [0.5, 0.6) is 0 Å². The molecule has 0 saturated carbocycles. The predicted molar refractivity (Wildman–Crippen MR) is 343 cm³/mol. The number of carbonyl (C=O) groups excluding carboxylic acids is 1. The first-order valence-corrected chi connectivity index (χ1v) is 34.6. The summed E-state index contributed by atoms with van der Waals surface area (Å²) in [7, 11) is 1.23. The number of phosphoric acid groups is 1. The predicted octanol–water partition coefficient (Wildman–Crippen LogP) is 20.3. The molecule has 3 unspecified atom stereocenters. The molecule has 0 fully saturated rings. The smallest absolute Gasteiger partial charge is 0.268 e. The zero-order valence-electron chi connectivity index (χ0n) is 52.3. The third-order valence-electron chi connectivity index (χ3n) is 14.5. The summed E-state index contributed by atoms with van der Waals surface area (Å²) in [6.07, 6.45) is 86.6. The summed E-state index contributed by atoms with van der Waals surface area (Å²) in [5.74, 6) is -0.212. The van der Waals surface area contributed by atoms with Crippen molar-refractivity contribution in [3.05, 3.63) is 97.2 Å². The number of hydrogen-bond acceptors (Lipinski definition) is 6. The lowest BCUT2D eigenvalue weighted by molar-refractivity contribution is -0.870. The molecule has 0 aliphatic rings. The molecular weight excluding hydrogens is 996 g/mol. The first-order chi connectivity index (χ1) is 38.5. The van der Waals surface area contributed by atoms with Gasteiger partial charge in [-0.25, -0.2) is 0 Å². The molecule has 79 heavy (non-hydrogen) atoms. The van der Waals surface area contributed by atoms with E-state index in [2.05, 4.69) is 104 Å². The molecule has 3 atom stereocenters. The molecule has 458 valence electrons. The lowest BCUT2D eigenvalue weighted by atomic mass is 10.0. The second-order valence-corrected chi connectivity index (χ2v) is 24.8. The topological polar surface area (TPSA) is 108 Å². The van der Waals surface area contributed by atoms with Crippen LogP contribution in [0.25, 0.3) is 0 Å². The van der Waals surface area contributed by atoms with Crippen LogP contribution < -0.4 is 10.2 Å². The quantitative estimate of drug-likeness (QED) is 0.0272. The number of hydrogen-bond donors (Lipinski definition) is 2. The molecule has 9 heteroatoms. The molecule has 0 bridgehead atoms. The normalized spacial score (nSPS) is 14.4. The van der Waals surface area contributed by atoms with E-state index in [1.54, 1.807) is 6.08 Å². The fraction of sp³-hybridized carbons (Fsp3) is 0.757. The maximum absolute atomic E-state index is 13.0. The minimum absolute atomic E-state index is 0.0121. The molecule has 0 aliphatic carbocycles. The fourth-order valence-corrected chi connectivity index (χ4v) is 10.1. The molecule has 0 spiro atoms. The highest BCUT2D eigenvalue weighted by Crippen LogP contribution is 2.38. The summed E-state index contributed by atoms with van der Waals surface area (Å²) in [4.78, 5) is 25.6. The Morgan fingerprint density at radius 2 is 0.785 bits per heavy atom. The minimum Gasteiger partial charge on any atom is -0.756 e. The van der Waals surface area contributed by atoms with Crippen molar-refractivity contribution >= 4 is 13.7 Å². The zero-order valence-corrected chi connectivity index (χ0v) is 53.2. The van der Waals surface area contributed by atoms with Crippen molar-refractivity contribution in [2.75, 3.05) is 40.9 Å². The number of nitrogens with zero attached hydrogens (tertiary/aromatic N) is 1. The molecule has 2 N–H and O–H groups in total. The van der Waals surface area contributed by atoms with Gasteiger partial charge in [-0.15, -0.1) is 0 Å². The minimum atomic E-state index is -4.62. The van der Waals surface area contributed by atoms with Crippen LogP contribution >= 0.6 is 7.82 Å². The first-order valence-electron chi connectivity index (χ1n) is 33.1. The number of allylic oxidation sites excluding steroid dienone is 15. The maximum Gasteiger partial charge on any atom is 0.268 e. The number of rotatable bonds is 60. The van der Waals surface area contributed by atoms with Crippen LogP contribution in [0.2, 0.25) is 0 Å². The molecular formula is C70H127N2O6P. The SMILES string of the molecule is CC/C=C\C/C=C\C/C=C\C/C=C\C/C=C\CCCCCCCCCCCCCCCCCC(=O)NC(COP(=O)([O-])OCC[N+](C)(C)C)C(O)/C=C/CC/C=C/CC/C=C/CCCCCCCCCCCCCCCCCC. The summed E-state index contributed by atoms with van der Waals surface area (Å²) >= 11 is 0. The third kappa shape index (κ3) is 62.9. The average molecular weight is 1120 g/mol. The highest BCUT2D eigenvalue weighted by atomic mass is 31.2. The van der Waals surface area contributed by atoms with Crippen molar-refractivity contribution in [1.29, 1.82) is 0 Å². The number of aliphatic hydroxyl groups excluding tert-OH is 1. The summed E-state index contributed by atoms with van der Waals surface area (Å²) in [6.45, 7) is 4.53. The third-order valence-corrected chi connectivity index (χ3v) is 15.5. The Kier molecular flexibility index (Phi) is 58.1. The van der Waals surface area contributed by atoms with E-state index in [4.69, 9.17) is 9.05 Å². The first kappa shape index (κ1) is 76.4. The molecule has 0 aromatic rings. The van der Waals surface area contributed by atoms with Gasteiger partial charge in [-0.3, -0.25) is 9.36 Å². The van der Waals surface area contributed by atoms with Crippen LogP contribution in [-0.4, -0.2) is 68.5 Å². The van der Waals surface area contributed by atoms with Crippen LogP contribution in [-0.2, 0) is 18.4 Å². The number of likely N-dealkylation sites (N-methyl/N-ethyl adjacent to an activating group) is 1. The number of unbranched alkanes of at least 4 members (excludes halogenated alkanes) is 33. The fourth-order valence-electron chi connectivity index (χ4n) is 9.39. The van der Waals surface area contributed by atoms with E-state index >= 15 is 0 Å². The van der Waals surface area contributed by atoms with Gasteiger partial charge in [0.1, 0.15) is 13.2 Å². The highest BCUT2D eigenvalue weighted by Gasteiger charge is 2.23. The number of aliphatic hydroxyl groups is 1. The lowest BCUT2D eigenvalue weighted by Crippen LogP contribution is -2.45. The second kappa shape index (κ2) is 60.0. The van der Waals surface area contributed by atoms with Crippen molar-refractivity contribution in [2.24, 2.45) is 0 Å². The Bertz CT molecular complexity index is 1610. The van der Waals surface area contributed by atoms with Crippen LogP contribution in [0.15, 0.2) is 97.2 Å². The van der Waals surface area contributed by atoms with Crippen LogP contribution in [0.3, 0.4) is 0 Å².